The number of aromatic nitrogens is 2. The van der Waals surface area contributed by atoms with E-state index < -0.39 is 0 Å². The van der Waals surface area contributed by atoms with Crippen LogP contribution in [0.5, 0.6) is 5.88 Å². The van der Waals surface area contributed by atoms with Crippen molar-refractivity contribution in [1.29, 1.82) is 0 Å². The van der Waals surface area contributed by atoms with E-state index in [1.807, 2.05) is 6.07 Å². The Bertz CT molecular complexity index is 1180. The lowest BCUT2D eigenvalue weighted by atomic mass is 9.68. The molecule has 2 bridgehead atoms. The molecule has 0 radical (unpaired) electrons. The number of nitrogens with one attached hydrogen (secondary N) is 1. The Morgan fingerprint density at radius 2 is 1.89 bits per heavy atom. The maximum atomic E-state index is 14.0. The quantitative estimate of drug-likeness (QED) is 0.407. The van der Waals surface area contributed by atoms with Gasteiger partial charge in [-0.05, 0) is 92.2 Å². The fraction of sp³-hybridized carbons (Fsp3) is 0.688. The van der Waals surface area contributed by atoms with Crippen molar-refractivity contribution in [3.8, 4) is 5.88 Å². The number of carbonyl (C=O) groups is 1. The molecule has 5 nitrogen and oxygen atoms in total. The first-order valence-electron chi connectivity index (χ1n) is 15.1. The van der Waals surface area contributed by atoms with Crippen LogP contribution < -0.4 is 10.1 Å². The molecule has 1 aromatic carbocycles. The highest BCUT2D eigenvalue weighted by molar-refractivity contribution is 5.71. The van der Waals surface area contributed by atoms with Crippen LogP contribution >= 0.6 is 0 Å². The normalized spacial score (nSPS) is 30.6. The topological polar surface area (TPSA) is 56.1 Å². The summed E-state index contributed by atoms with van der Waals surface area (Å²) in [6.45, 7) is 6.93. The third-order valence-electron chi connectivity index (χ3n) is 10.6. The van der Waals surface area contributed by atoms with Crippen LogP contribution in [0.4, 0.5) is 9.18 Å². The van der Waals surface area contributed by atoms with E-state index in [1.54, 1.807) is 12.1 Å². The number of carbonyl (C=O) groups excluding carboxylic acids is 1. The third kappa shape index (κ3) is 4.66. The number of halogens is 1. The van der Waals surface area contributed by atoms with Gasteiger partial charge in [-0.25, -0.2) is 9.18 Å². The zero-order chi connectivity index (χ0) is 26.5. The molecule has 206 valence electrons. The van der Waals surface area contributed by atoms with Crippen molar-refractivity contribution in [2.24, 2.45) is 16.7 Å². The lowest BCUT2D eigenvalue weighted by Crippen LogP contribution is -2.53. The van der Waals surface area contributed by atoms with E-state index in [1.165, 1.54) is 50.3 Å². The SMILES string of the molecule is CC12CCC(C1)C(C)(C)[C@H]2NC(=O)Oc1nn(C2CCCCC2)c2c1CCCCC2Cc1cccc(F)c1. The summed E-state index contributed by atoms with van der Waals surface area (Å²) in [7, 11) is 0. The summed E-state index contributed by atoms with van der Waals surface area (Å²) < 4.78 is 22.4. The van der Waals surface area contributed by atoms with Crippen molar-refractivity contribution in [2.75, 3.05) is 0 Å². The van der Waals surface area contributed by atoms with Gasteiger partial charge >= 0.3 is 6.09 Å². The first-order chi connectivity index (χ1) is 18.2. The summed E-state index contributed by atoms with van der Waals surface area (Å²) >= 11 is 0. The molecule has 0 spiro atoms. The molecular formula is C32H44FN3O2. The average Bonchev–Trinajstić information content (AvgIpc) is 3.45. The lowest BCUT2D eigenvalue weighted by Gasteiger charge is -2.42. The molecule has 1 N–H and O–H groups in total. The van der Waals surface area contributed by atoms with Crippen LogP contribution in [0.25, 0.3) is 0 Å². The fourth-order valence-electron chi connectivity index (χ4n) is 8.69. The zero-order valence-electron chi connectivity index (χ0n) is 23.4. The molecule has 2 aromatic rings. The molecule has 6 heteroatoms. The lowest BCUT2D eigenvalue weighted by molar-refractivity contribution is 0.103. The Balaban J connectivity index is 1.30. The number of nitrogens with zero attached hydrogens (tertiary/aromatic N) is 2. The van der Waals surface area contributed by atoms with E-state index in [4.69, 9.17) is 9.84 Å². The molecule has 0 saturated heterocycles. The molecule has 4 aliphatic rings. The number of hydrogen-bond donors (Lipinski definition) is 1. The van der Waals surface area contributed by atoms with Crippen LogP contribution in [0.3, 0.4) is 0 Å². The summed E-state index contributed by atoms with van der Waals surface area (Å²) in [6.07, 6.45) is 14.0. The standard InChI is InChI=1S/C32H44FN3O2/c1-31(2)23-16-17-32(3,20-23)29(31)34-30(37)38-28-26-15-8-7-11-22(18-21-10-9-12-24(33)19-21)27(26)36(35-28)25-13-5-4-6-14-25/h9-10,12,19,22-23,25,29H,4-8,11,13-18,20H2,1-3H3,(H,34,37)/t22?,23?,29-,32?/m1/s1. The molecular weight excluding hydrogens is 477 g/mol. The summed E-state index contributed by atoms with van der Waals surface area (Å²) in [5.41, 5.74) is 3.56. The van der Waals surface area contributed by atoms with Gasteiger partial charge < -0.3 is 10.1 Å². The first-order valence-corrected chi connectivity index (χ1v) is 15.1. The van der Waals surface area contributed by atoms with Gasteiger partial charge in [0.2, 0.25) is 5.88 Å². The van der Waals surface area contributed by atoms with E-state index in [9.17, 15) is 9.18 Å². The third-order valence-corrected chi connectivity index (χ3v) is 10.6. The minimum absolute atomic E-state index is 0.0699. The van der Waals surface area contributed by atoms with Crippen molar-refractivity contribution >= 4 is 6.09 Å². The molecule has 3 saturated carbocycles. The van der Waals surface area contributed by atoms with E-state index in [-0.39, 0.29) is 34.7 Å². The maximum Gasteiger partial charge on any atom is 0.414 e. The molecule has 6 rings (SSSR count). The van der Waals surface area contributed by atoms with Gasteiger partial charge in [0.15, 0.2) is 0 Å². The number of fused-ring (bicyclic) bond motifs is 3. The highest BCUT2D eigenvalue weighted by Gasteiger charge is 2.60. The smallest absolute Gasteiger partial charge is 0.389 e. The molecule has 0 aliphatic heterocycles. The molecule has 38 heavy (non-hydrogen) atoms. The Morgan fingerprint density at radius 3 is 2.63 bits per heavy atom. The van der Waals surface area contributed by atoms with E-state index >= 15 is 0 Å². The van der Waals surface area contributed by atoms with Crippen LogP contribution in [0.1, 0.15) is 120 Å². The predicted molar refractivity (Wildman–Crippen MR) is 147 cm³/mol. The van der Waals surface area contributed by atoms with Crippen LogP contribution in [0.2, 0.25) is 0 Å². The van der Waals surface area contributed by atoms with Crippen molar-refractivity contribution in [1.82, 2.24) is 15.1 Å². The molecule has 1 aromatic heterocycles. The summed E-state index contributed by atoms with van der Waals surface area (Å²) in [6, 6.07) is 7.45. The van der Waals surface area contributed by atoms with Gasteiger partial charge in [0.1, 0.15) is 5.82 Å². The molecule has 3 fully saturated rings. The second-order valence-electron chi connectivity index (χ2n) is 13.6. The largest absolute Gasteiger partial charge is 0.414 e. The molecule has 3 unspecified atom stereocenters. The molecule has 1 heterocycles. The van der Waals surface area contributed by atoms with Crippen molar-refractivity contribution in [3.63, 3.8) is 0 Å². The Hall–Kier alpha value is -2.37. The monoisotopic (exact) mass is 521 g/mol. The number of rotatable bonds is 5. The van der Waals surface area contributed by atoms with Gasteiger partial charge in [-0.2, -0.15) is 0 Å². The van der Waals surface area contributed by atoms with Crippen LogP contribution in [0.15, 0.2) is 24.3 Å². The van der Waals surface area contributed by atoms with Gasteiger partial charge in [-0.1, -0.05) is 58.6 Å². The summed E-state index contributed by atoms with van der Waals surface area (Å²) in [5, 5.41) is 8.35. The Morgan fingerprint density at radius 1 is 1.11 bits per heavy atom. The van der Waals surface area contributed by atoms with Crippen molar-refractivity contribution in [2.45, 2.75) is 122 Å². The van der Waals surface area contributed by atoms with Gasteiger partial charge in [0, 0.05) is 23.2 Å². The molecule has 4 atom stereocenters. The highest BCUT2D eigenvalue weighted by Crippen LogP contribution is 2.62. The zero-order valence-corrected chi connectivity index (χ0v) is 23.4. The number of ether oxygens (including phenoxy) is 1. The first kappa shape index (κ1) is 25.9. The summed E-state index contributed by atoms with van der Waals surface area (Å²) in [4.78, 5) is 13.4. The van der Waals surface area contributed by atoms with E-state index in [0.29, 0.717) is 17.8 Å². The van der Waals surface area contributed by atoms with Crippen LogP contribution in [0, 0.1) is 22.6 Å². The maximum absolute atomic E-state index is 14.0. The van der Waals surface area contributed by atoms with Crippen LogP contribution in [-0.2, 0) is 12.8 Å². The highest BCUT2D eigenvalue weighted by atomic mass is 19.1. The number of hydrogen-bond acceptors (Lipinski definition) is 3. The molecule has 4 aliphatic carbocycles. The van der Waals surface area contributed by atoms with Crippen molar-refractivity contribution in [3.05, 3.63) is 46.9 Å². The van der Waals surface area contributed by atoms with E-state index in [2.05, 4.69) is 30.8 Å². The van der Waals surface area contributed by atoms with Gasteiger partial charge in [0.05, 0.1) is 6.04 Å². The van der Waals surface area contributed by atoms with Crippen molar-refractivity contribution < 1.29 is 13.9 Å². The van der Waals surface area contributed by atoms with Gasteiger partial charge in [0.25, 0.3) is 0 Å². The van der Waals surface area contributed by atoms with Gasteiger partial charge in [-0.3, -0.25) is 4.68 Å². The van der Waals surface area contributed by atoms with Gasteiger partial charge in [-0.15, -0.1) is 5.10 Å². The average molecular weight is 522 g/mol. The van der Waals surface area contributed by atoms with E-state index in [0.717, 1.165) is 56.1 Å². The molecule has 1 amide bonds. The second kappa shape index (κ2) is 9.98. The Labute approximate surface area is 226 Å². The second-order valence-corrected chi connectivity index (χ2v) is 13.6. The fourth-order valence-corrected chi connectivity index (χ4v) is 8.69. The minimum atomic E-state index is -0.362. The minimum Gasteiger partial charge on any atom is -0.389 e. The predicted octanol–water partition coefficient (Wildman–Crippen LogP) is 7.88. The van der Waals surface area contributed by atoms with Crippen LogP contribution in [-0.4, -0.2) is 21.9 Å². The summed E-state index contributed by atoms with van der Waals surface area (Å²) in [5.74, 6) is 1.21. The number of benzene rings is 1. The number of amides is 1. The Kier molecular flexibility index (Phi) is 6.80.